The molecule has 2 unspecified atom stereocenters. The van der Waals surface area contributed by atoms with Gasteiger partial charge < -0.3 is 5.32 Å². The van der Waals surface area contributed by atoms with Crippen molar-refractivity contribution in [3.63, 3.8) is 0 Å². The van der Waals surface area contributed by atoms with Crippen LogP contribution in [-0.2, 0) is 0 Å². The maximum atomic E-state index is 12.1. The first-order valence-electron chi connectivity index (χ1n) is 5.85. The van der Waals surface area contributed by atoms with Gasteiger partial charge in [0, 0.05) is 24.7 Å². The molecule has 0 amide bonds. The number of likely N-dealkylation sites (tertiary alicyclic amines) is 1. The summed E-state index contributed by atoms with van der Waals surface area (Å²) >= 11 is 0. The van der Waals surface area contributed by atoms with Crippen LogP contribution in [0.5, 0.6) is 0 Å². The zero-order chi connectivity index (χ0) is 12.3. The van der Waals surface area contributed by atoms with Crippen LogP contribution in [0.2, 0.25) is 0 Å². The number of halogens is 3. The minimum absolute atomic E-state index is 0.208. The lowest BCUT2D eigenvalue weighted by Crippen LogP contribution is -2.41. The van der Waals surface area contributed by atoms with Crippen LogP contribution in [0.1, 0.15) is 33.6 Å². The van der Waals surface area contributed by atoms with Crippen LogP contribution in [0, 0.1) is 0 Å². The molecule has 2 nitrogen and oxygen atoms in total. The Morgan fingerprint density at radius 3 is 2.38 bits per heavy atom. The van der Waals surface area contributed by atoms with Gasteiger partial charge in [-0.3, -0.25) is 4.90 Å². The molecular formula is C11H21F3N2. The molecule has 1 aliphatic rings. The molecule has 1 aliphatic heterocycles. The molecule has 96 valence electrons. The van der Waals surface area contributed by atoms with E-state index < -0.39 is 18.6 Å². The second-order valence-corrected chi connectivity index (χ2v) is 4.96. The molecule has 0 aliphatic carbocycles. The molecule has 0 saturated carbocycles. The van der Waals surface area contributed by atoms with E-state index in [9.17, 15) is 13.2 Å². The highest BCUT2D eigenvalue weighted by atomic mass is 19.4. The first-order valence-corrected chi connectivity index (χ1v) is 5.85. The van der Waals surface area contributed by atoms with E-state index >= 15 is 0 Å². The molecule has 0 spiro atoms. The lowest BCUT2D eigenvalue weighted by atomic mass is 10.2. The van der Waals surface area contributed by atoms with Gasteiger partial charge in [-0.2, -0.15) is 13.2 Å². The molecule has 2 atom stereocenters. The first kappa shape index (κ1) is 13.8. The third-order valence-corrected chi connectivity index (χ3v) is 3.01. The van der Waals surface area contributed by atoms with Crippen molar-refractivity contribution in [1.29, 1.82) is 0 Å². The molecule has 0 aromatic rings. The van der Waals surface area contributed by atoms with E-state index in [0.717, 1.165) is 19.5 Å². The summed E-state index contributed by atoms with van der Waals surface area (Å²) in [6.07, 6.45) is -3.87. The van der Waals surface area contributed by atoms with Crippen LogP contribution >= 0.6 is 0 Å². The van der Waals surface area contributed by atoms with E-state index in [-0.39, 0.29) is 6.04 Å². The molecule has 16 heavy (non-hydrogen) atoms. The van der Waals surface area contributed by atoms with Crippen molar-refractivity contribution in [1.82, 2.24) is 10.2 Å². The first-order chi connectivity index (χ1) is 7.28. The summed E-state index contributed by atoms with van der Waals surface area (Å²) in [6, 6.07) is 0.196. The summed E-state index contributed by atoms with van der Waals surface area (Å²) in [5, 5.41) is 3.06. The predicted octanol–water partition coefficient (Wildman–Crippen LogP) is 2.40. The quantitative estimate of drug-likeness (QED) is 0.809. The van der Waals surface area contributed by atoms with Gasteiger partial charge in [0.2, 0.25) is 0 Å². The highest BCUT2D eigenvalue weighted by molar-refractivity contribution is 4.84. The lowest BCUT2D eigenvalue weighted by Gasteiger charge is -2.23. The Hall–Kier alpha value is -0.290. The molecule has 0 radical (unpaired) electrons. The predicted molar refractivity (Wildman–Crippen MR) is 58.4 cm³/mol. The summed E-state index contributed by atoms with van der Waals surface area (Å²) in [7, 11) is 0. The van der Waals surface area contributed by atoms with Crippen LogP contribution in [0.3, 0.4) is 0 Å². The van der Waals surface area contributed by atoms with Gasteiger partial charge in [-0.25, -0.2) is 0 Å². The van der Waals surface area contributed by atoms with Crippen molar-refractivity contribution in [3.8, 4) is 0 Å². The molecule has 1 N–H and O–H groups in total. The largest absolute Gasteiger partial charge is 0.390 e. The van der Waals surface area contributed by atoms with Crippen molar-refractivity contribution < 1.29 is 13.2 Å². The summed E-state index contributed by atoms with van der Waals surface area (Å²) in [4.78, 5) is 2.29. The zero-order valence-electron chi connectivity index (χ0n) is 10.1. The van der Waals surface area contributed by atoms with E-state index in [1.807, 2.05) is 0 Å². The van der Waals surface area contributed by atoms with Crippen molar-refractivity contribution in [2.75, 3.05) is 13.1 Å². The van der Waals surface area contributed by atoms with Crippen molar-refractivity contribution >= 4 is 0 Å². The number of rotatable bonds is 4. The second-order valence-electron chi connectivity index (χ2n) is 4.96. The normalized spacial score (nSPS) is 25.3. The van der Waals surface area contributed by atoms with Crippen molar-refractivity contribution in [2.24, 2.45) is 0 Å². The molecule has 1 rings (SSSR count). The summed E-state index contributed by atoms with van der Waals surface area (Å²) in [5.41, 5.74) is 0. The number of nitrogens with one attached hydrogen (secondary N) is 1. The molecule has 1 fully saturated rings. The molecule has 1 heterocycles. The Morgan fingerprint density at radius 1 is 1.31 bits per heavy atom. The second kappa shape index (κ2) is 5.36. The molecular weight excluding hydrogens is 217 g/mol. The Labute approximate surface area is 95.2 Å². The SMILES string of the molecule is CC(CC(F)(F)F)NC1CCN(C(C)C)C1. The van der Waals surface area contributed by atoms with Crippen LogP contribution in [0.4, 0.5) is 13.2 Å². The molecule has 5 heteroatoms. The number of hydrogen-bond acceptors (Lipinski definition) is 2. The Morgan fingerprint density at radius 2 is 1.94 bits per heavy atom. The van der Waals surface area contributed by atoms with E-state index in [1.165, 1.54) is 0 Å². The zero-order valence-corrected chi connectivity index (χ0v) is 10.1. The highest BCUT2D eigenvalue weighted by Gasteiger charge is 2.32. The standard InChI is InChI=1S/C11H21F3N2/c1-8(2)16-5-4-10(7-16)15-9(3)6-11(12,13)14/h8-10,15H,4-7H2,1-3H3. The molecule has 0 aromatic heterocycles. The van der Waals surface area contributed by atoms with Crippen molar-refractivity contribution in [2.45, 2.75) is 57.9 Å². The van der Waals surface area contributed by atoms with Crippen LogP contribution < -0.4 is 5.32 Å². The monoisotopic (exact) mass is 238 g/mol. The fourth-order valence-corrected chi connectivity index (χ4v) is 2.20. The van der Waals surface area contributed by atoms with Gasteiger partial charge in [0.05, 0.1) is 6.42 Å². The fraction of sp³-hybridized carbons (Fsp3) is 1.00. The number of alkyl halides is 3. The molecule has 0 aromatic carbocycles. The van der Waals surface area contributed by atoms with Gasteiger partial charge in [0.15, 0.2) is 0 Å². The van der Waals surface area contributed by atoms with Crippen molar-refractivity contribution in [3.05, 3.63) is 0 Å². The summed E-state index contributed by atoms with van der Waals surface area (Å²) in [5.74, 6) is 0. The Kier molecular flexibility index (Phi) is 4.62. The van der Waals surface area contributed by atoms with Gasteiger partial charge in [-0.1, -0.05) is 0 Å². The topological polar surface area (TPSA) is 15.3 Å². The highest BCUT2D eigenvalue weighted by Crippen LogP contribution is 2.22. The number of hydrogen-bond donors (Lipinski definition) is 1. The Balaban J connectivity index is 2.28. The minimum atomic E-state index is -4.07. The van der Waals surface area contributed by atoms with Gasteiger partial charge in [0.25, 0.3) is 0 Å². The van der Waals surface area contributed by atoms with E-state index in [1.54, 1.807) is 6.92 Å². The molecule has 0 bridgehead atoms. The smallest absolute Gasteiger partial charge is 0.310 e. The average Bonchev–Trinajstić information content (AvgIpc) is 2.48. The Bertz CT molecular complexity index is 216. The average molecular weight is 238 g/mol. The minimum Gasteiger partial charge on any atom is -0.310 e. The van der Waals surface area contributed by atoms with E-state index in [2.05, 4.69) is 24.1 Å². The van der Waals surface area contributed by atoms with Crippen LogP contribution in [-0.4, -0.2) is 42.3 Å². The van der Waals surface area contributed by atoms with Gasteiger partial charge in [-0.05, 0) is 33.7 Å². The third kappa shape index (κ3) is 4.70. The third-order valence-electron chi connectivity index (χ3n) is 3.01. The van der Waals surface area contributed by atoms with E-state index in [0.29, 0.717) is 6.04 Å². The van der Waals surface area contributed by atoms with Crippen LogP contribution in [0.15, 0.2) is 0 Å². The summed E-state index contributed by atoms with van der Waals surface area (Å²) < 4.78 is 36.4. The fourth-order valence-electron chi connectivity index (χ4n) is 2.20. The van der Waals surface area contributed by atoms with Gasteiger partial charge in [0.1, 0.15) is 0 Å². The van der Waals surface area contributed by atoms with Gasteiger partial charge in [-0.15, -0.1) is 0 Å². The number of nitrogens with zero attached hydrogens (tertiary/aromatic N) is 1. The van der Waals surface area contributed by atoms with E-state index in [4.69, 9.17) is 0 Å². The van der Waals surface area contributed by atoms with Gasteiger partial charge >= 0.3 is 6.18 Å². The maximum absolute atomic E-state index is 12.1. The van der Waals surface area contributed by atoms with Crippen LogP contribution in [0.25, 0.3) is 0 Å². The maximum Gasteiger partial charge on any atom is 0.390 e. The summed E-state index contributed by atoms with van der Waals surface area (Å²) in [6.45, 7) is 7.67. The molecule has 1 saturated heterocycles. The lowest BCUT2D eigenvalue weighted by molar-refractivity contribution is -0.139.